The van der Waals surface area contributed by atoms with Gasteiger partial charge < -0.3 is 10.5 Å². The maximum Gasteiger partial charge on any atom is 0.129 e. The fourth-order valence-electron chi connectivity index (χ4n) is 1.65. The average Bonchev–Trinajstić information content (AvgIpc) is 2.29. The van der Waals surface area contributed by atoms with E-state index in [4.69, 9.17) is 10.5 Å². The number of hydrogen-bond donors (Lipinski definition) is 1. The average molecular weight is 227 g/mol. The fourth-order valence-corrected chi connectivity index (χ4v) is 1.65. The lowest BCUT2D eigenvalue weighted by molar-refractivity contribution is 0.482. The maximum atomic E-state index is 5.77. The van der Waals surface area contributed by atoms with Crippen molar-refractivity contribution < 1.29 is 4.74 Å². The molecule has 0 amide bonds. The minimum atomic E-state index is 0.499. The SMILES string of the molecule is CC(C)c1cccc(Oc2cccc(N)c2)c1. The van der Waals surface area contributed by atoms with Crippen molar-refractivity contribution in [2.24, 2.45) is 0 Å². The van der Waals surface area contributed by atoms with Crippen LogP contribution in [0.5, 0.6) is 11.5 Å². The van der Waals surface area contributed by atoms with E-state index in [-0.39, 0.29) is 0 Å². The van der Waals surface area contributed by atoms with Gasteiger partial charge in [0.15, 0.2) is 0 Å². The normalized spacial score (nSPS) is 10.5. The summed E-state index contributed by atoms with van der Waals surface area (Å²) in [6, 6.07) is 15.6. The lowest BCUT2D eigenvalue weighted by atomic mass is 10.0. The van der Waals surface area contributed by atoms with E-state index < -0.39 is 0 Å². The van der Waals surface area contributed by atoms with Crippen LogP contribution < -0.4 is 10.5 Å². The van der Waals surface area contributed by atoms with Gasteiger partial charge in [-0.3, -0.25) is 0 Å². The summed E-state index contributed by atoms with van der Waals surface area (Å²) in [6.45, 7) is 4.33. The monoisotopic (exact) mass is 227 g/mol. The van der Waals surface area contributed by atoms with Gasteiger partial charge in [-0.05, 0) is 35.7 Å². The third kappa shape index (κ3) is 3.00. The molecule has 0 aliphatic heterocycles. The Kier molecular flexibility index (Phi) is 3.33. The quantitative estimate of drug-likeness (QED) is 0.798. The molecule has 0 radical (unpaired) electrons. The van der Waals surface area contributed by atoms with E-state index in [1.165, 1.54) is 5.56 Å². The highest BCUT2D eigenvalue weighted by atomic mass is 16.5. The largest absolute Gasteiger partial charge is 0.457 e. The number of nitrogens with two attached hydrogens (primary N) is 1. The second-order valence-electron chi connectivity index (χ2n) is 4.40. The molecular formula is C15H17NO. The molecule has 0 saturated heterocycles. The number of rotatable bonds is 3. The van der Waals surface area contributed by atoms with Crippen LogP contribution in [-0.4, -0.2) is 0 Å². The molecule has 0 spiro atoms. The Balaban J connectivity index is 2.21. The zero-order chi connectivity index (χ0) is 12.3. The van der Waals surface area contributed by atoms with Gasteiger partial charge in [0, 0.05) is 11.8 Å². The van der Waals surface area contributed by atoms with E-state index >= 15 is 0 Å². The summed E-state index contributed by atoms with van der Waals surface area (Å²) in [7, 11) is 0. The Labute approximate surface area is 102 Å². The molecular weight excluding hydrogens is 210 g/mol. The first-order valence-electron chi connectivity index (χ1n) is 5.78. The van der Waals surface area contributed by atoms with E-state index in [1.54, 1.807) is 0 Å². The van der Waals surface area contributed by atoms with Crippen molar-refractivity contribution in [1.29, 1.82) is 0 Å². The highest BCUT2D eigenvalue weighted by Gasteiger charge is 2.02. The molecule has 2 N–H and O–H groups in total. The predicted molar refractivity (Wildman–Crippen MR) is 71.5 cm³/mol. The summed E-state index contributed by atoms with van der Waals surface area (Å²) in [5, 5.41) is 0. The van der Waals surface area contributed by atoms with Gasteiger partial charge in [-0.15, -0.1) is 0 Å². The molecule has 0 aliphatic carbocycles. The van der Waals surface area contributed by atoms with Crippen LogP contribution in [0.25, 0.3) is 0 Å². The molecule has 0 saturated carbocycles. The summed E-state index contributed by atoms with van der Waals surface area (Å²) in [5.74, 6) is 2.12. The molecule has 2 nitrogen and oxygen atoms in total. The van der Waals surface area contributed by atoms with Crippen molar-refractivity contribution in [3.8, 4) is 11.5 Å². The summed E-state index contributed by atoms with van der Waals surface area (Å²) in [5.41, 5.74) is 7.69. The summed E-state index contributed by atoms with van der Waals surface area (Å²) in [6.07, 6.45) is 0. The van der Waals surface area contributed by atoms with Crippen molar-refractivity contribution in [1.82, 2.24) is 0 Å². The molecule has 2 rings (SSSR count). The van der Waals surface area contributed by atoms with Crippen molar-refractivity contribution >= 4 is 5.69 Å². The molecule has 0 bridgehead atoms. The van der Waals surface area contributed by atoms with E-state index in [1.807, 2.05) is 36.4 Å². The zero-order valence-corrected chi connectivity index (χ0v) is 10.2. The lowest BCUT2D eigenvalue weighted by Gasteiger charge is -2.09. The van der Waals surface area contributed by atoms with Crippen LogP contribution in [0.2, 0.25) is 0 Å². The van der Waals surface area contributed by atoms with E-state index in [9.17, 15) is 0 Å². The summed E-state index contributed by atoms with van der Waals surface area (Å²) < 4.78 is 5.77. The molecule has 0 aliphatic rings. The van der Waals surface area contributed by atoms with Gasteiger partial charge in [-0.25, -0.2) is 0 Å². The van der Waals surface area contributed by atoms with E-state index in [0.29, 0.717) is 11.6 Å². The van der Waals surface area contributed by atoms with Crippen LogP contribution in [0.3, 0.4) is 0 Å². The van der Waals surface area contributed by atoms with Crippen LogP contribution in [0, 0.1) is 0 Å². The summed E-state index contributed by atoms with van der Waals surface area (Å²) in [4.78, 5) is 0. The maximum absolute atomic E-state index is 5.77. The first-order valence-corrected chi connectivity index (χ1v) is 5.78. The number of ether oxygens (including phenoxy) is 1. The summed E-state index contributed by atoms with van der Waals surface area (Å²) >= 11 is 0. The third-order valence-corrected chi connectivity index (χ3v) is 2.62. The Hall–Kier alpha value is -1.96. The Morgan fingerprint density at radius 2 is 1.59 bits per heavy atom. The van der Waals surface area contributed by atoms with Gasteiger partial charge in [-0.1, -0.05) is 32.0 Å². The van der Waals surface area contributed by atoms with Crippen molar-refractivity contribution in [3.05, 3.63) is 54.1 Å². The van der Waals surface area contributed by atoms with Gasteiger partial charge in [0.1, 0.15) is 11.5 Å². The topological polar surface area (TPSA) is 35.2 Å². The molecule has 0 atom stereocenters. The number of nitrogen functional groups attached to an aromatic ring is 1. The molecule has 2 aromatic carbocycles. The van der Waals surface area contributed by atoms with Crippen LogP contribution in [0.4, 0.5) is 5.69 Å². The van der Waals surface area contributed by atoms with E-state index in [0.717, 1.165) is 11.5 Å². The zero-order valence-electron chi connectivity index (χ0n) is 10.2. The van der Waals surface area contributed by atoms with Gasteiger partial charge >= 0.3 is 0 Å². The second-order valence-corrected chi connectivity index (χ2v) is 4.40. The molecule has 2 heteroatoms. The Bertz CT molecular complexity index is 506. The van der Waals surface area contributed by atoms with Crippen molar-refractivity contribution in [2.45, 2.75) is 19.8 Å². The van der Waals surface area contributed by atoms with Gasteiger partial charge in [0.25, 0.3) is 0 Å². The highest BCUT2D eigenvalue weighted by molar-refractivity contribution is 5.45. The van der Waals surface area contributed by atoms with Crippen molar-refractivity contribution in [2.75, 3.05) is 5.73 Å². The minimum absolute atomic E-state index is 0.499. The van der Waals surface area contributed by atoms with Crippen molar-refractivity contribution in [3.63, 3.8) is 0 Å². The standard InChI is InChI=1S/C15H17NO/c1-11(2)12-5-3-7-14(9-12)17-15-8-4-6-13(16)10-15/h3-11H,16H2,1-2H3. The molecule has 0 fully saturated rings. The lowest BCUT2D eigenvalue weighted by Crippen LogP contribution is -1.90. The van der Waals surface area contributed by atoms with Crippen LogP contribution >= 0.6 is 0 Å². The third-order valence-electron chi connectivity index (χ3n) is 2.62. The second kappa shape index (κ2) is 4.91. The Morgan fingerprint density at radius 1 is 0.941 bits per heavy atom. The molecule has 0 heterocycles. The number of benzene rings is 2. The van der Waals surface area contributed by atoms with Gasteiger partial charge in [-0.2, -0.15) is 0 Å². The minimum Gasteiger partial charge on any atom is -0.457 e. The number of anilines is 1. The van der Waals surface area contributed by atoms with E-state index in [2.05, 4.69) is 26.0 Å². The first kappa shape index (κ1) is 11.5. The molecule has 0 unspecified atom stereocenters. The van der Waals surface area contributed by atoms with Gasteiger partial charge in [0.05, 0.1) is 0 Å². The smallest absolute Gasteiger partial charge is 0.129 e. The number of hydrogen-bond acceptors (Lipinski definition) is 2. The first-order chi connectivity index (χ1) is 8.15. The Morgan fingerprint density at radius 3 is 2.24 bits per heavy atom. The molecule has 17 heavy (non-hydrogen) atoms. The van der Waals surface area contributed by atoms with Crippen LogP contribution in [-0.2, 0) is 0 Å². The fraction of sp³-hybridized carbons (Fsp3) is 0.200. The van der Waals surface area contributed by atoms with Crippen LogP contribution in [0.1, 0.15) is 25.3 Å². The molecule has 2 aromatic rings. The highest BCUT2D eigenvalue weighted by Crippen LogP contribution is 2.26. The van der Waals surface area contributed by atoms with Gasteiger partial charge in [0.2, 0.25) is 0 Å². The predicted octanol–water partition coefficient (Wildman–Crippen LogP) is 4.18. The van der Waals surface area contributed by atoms with Crippen LogP contribution in [0.15, 0.2) is 48.5 Å². The molecule has 0 aromatic heterocycles. The molecule has 88 valence electrons.